The summed E-state index contributed by atoms with van der Waals surface area (Å²) in [7, 11) is -0.995. The van der Waals surface area contributed by atoms with E-state index in [0.29, 0.717) is 11.2 Å². The van der Waals surface area contributed by atoms with E-state index in [1.54, 1.807) is 0 Å². The lowest BCUT2D eigenvalue weighted by Crippen LogP contribution is -2.03. The third-order valence-corrected chi connectivity index (χ3v) is 4.60. The molecule has 0 aliphatic rings. The highest BCUT2D eigenvalue weighted by molar-refractivity contribution is 8.75. The lowest BCUT2D eigenvalue weighted by Gasteiger charge is -2.10. The SMILES string of the molecule is CC(C)C(C)SSO[P+](=O)O. The van der Waals surface area contributed by atoms with Crippen molar-refractivity contribution in [2.75, 3.05) is 0 Å². The van der Waals surface area contributed by atoms with E-state index in [1.807, 2.05) is 0 Å². The molecule has 0 spiro atoms. The van der Waals surface area contributed by atoms with Crippen LogP contribution in [-0.2, 0) is 8.54 Å². The Morgan fingerprint density at radius 1 is 1.45 bits per heavy atom. The average Bonchev–Trinajstić information content (AvgIpc) is 1.86. The summed E-state index contributed by atoms with van der Waals surface area (Å²) >= 11 is 0.981. The molecular weight excluding hydrogens is 203 g/mol. The molecule has 0 rings (SSSR count). The first kappa shape index (κ1) is 11.7. The zero-order valence-corrected chi connectivity index (χ0v) is 9.21. The van der Waals surface area contributed by atoms with Crippen LogP contribution in [-0.4, -0.2) is 10.1 Å². The molecule has 0 amide bonds. The Labute approximate surface area is 75.8 Å². The highest BCUT2D eigenvalue weighted by Gasteiger charge is 2.16. The number of rotatable bonds is 5. The van der Waals surface area contributed by atoms with Gasteiger partial charge < -0.3 is 0 Å². The molecule has 0 aromatic heterocycles. The molecular formula is C5H12O3PS2+. The summed E-state index contributed by atoms with van der Waals surface area (Å²) < 4.78 is 14.4. The van der Waals surface area contributed by atoms with Crippen LogP contribution in [0.1, 0.15) is 20.8 Å². The van der Waals surface area contributed by atoms with Gasteiger partial charge in [-0.15, -0.1) is 4.89 Å². The Kier molecular flexibility index (Phi) is 6.67. The van der Waals surface area contributed by atoms with Crippen LogP contribution in [0, 0.1) is 5.92 Å². The molecule has 0 aromatic carbocycles. The van der Waals surface area contributed by atoms with E-state index in [-0.39, 0.29) is 0 Å². The van der Waals surface area contributed by atoms with Crippen LogP contribution >= 0.6 is 30.1 Å². The average molecular weight is 215 g/mol. The molecule has 0 bridgehead atoms. The molecule has 0 aliphatic carbocycles. The van der Waals surface area contributed by atoms with E-state index in [2.05, 4.69) is 24.7 Å². The second-order valence-electron chi connectivity index (χ2n) is 2.43. The van der Waals surface area contributed by atoms with E-state index in [9.17, 15) is 4.57 Å². The molecule has 2 atom stereocenters. The van der Waals surface area contributed by atoms with Crippen LogP contribution in [0.25, 0.3) is 0 Å². The van der Waals surface area contributed by atoms with Gasteiger partial charge in [0.1, 0.15) is 11.1 Å². The second-order valence-corrected chi connectivity index (χ2v) is 5.56. The molecule has 6 heteroatoms. The van der Waals surface area contributed by atoms with Crippen molar-refractivity contribution in [2.45, 2.75) is 26.0 Å². The molecule has 0 fully saturated rings. The molecule has 66 valence electrons. The van der Waals surface area contributed by atoms with Crippen LogP contribution in [0.5, 0.6) is 0 Å². The lowest BCUT2D eigenvalue weighted by molar-refractivity contribution is 0.434. The summed E-state index contributed by atoms with van der Waals surface area (Å²) in [6.45, 7) is 6.24. The van der Waals surface area contributed by atoms with Crippen molar-refractivity contribution < 1.29 is 13.4 Å². The highest BCUT2D eigenvalue weighted by atomic mass is 33.1. The minimum absolute atomic E-state index is 0.426. The molecule has 3 nitrogen and oxygen atoms in total. The van der Waals surface area contributed by atoms with E-state index >= 15 is 0 Å². The van der Waals surface area contributed by atoms with E-state index in [1.165, 1.54) is 10.8 Å². The number of hydrogen-bond donors (Lipinski definition) is 1. The normalized spacial score (nSPS) is 15.2. The fourth-order valence-corrected chi connectivity index (χ4v) is 2.73. The van der Waals surface area contributed by atoms with Crippen molar-refractivity contribution >= 4 is 30.1 Å². The number of hydrogen-bond acceptors (Lipinski definition) is 4. The Morgan fingerprint density at radius 3 is 2.36 bits per heavy atom. The molecule has 11 heavy (non-hydrogen) atoms. The summed E-state index contributed by atoms with van der Waals surface area (Å²) in [5.74, 6) is 0.549. The third kappa shape index (κ3) is 7.09. The van der Waals surface area contributed by atoms with Crippen molar-refractivity contribution in [2.24, 2.45) is 5.92 Å². The quantitative estimate of drug-likeness (QED) is 0.434. The van der Waals surface area contributed by atoms with Gasteiger partial charge in [-0.2, -0.15) is 0 Å². The summed E-state index contributed by atoms with van der Waals surface area (Å²) in [4.78, 5) is 8.26. The van der Waals surface area contributed by atoms with Crippen LogP contribution in [0.3, 0.4) is 0 Å². The van der Waals surface area contributed by atoms with E-state index < -0.39 is 8.25 Å². The predicted octanol–water partition coefficient (Wildman–Crippen LogP) is 2.99. The Hall–Kier alpha value is 0.720. The van der Waals surface area contributed by atoms with Gasteiger partial charge in [0.2, 0.25) is 0 Å². The van der Waals surface area contributed by atoms with Crippen LogP contribution in [0.4, 0.5) is 0 Å². The van der Waals surface area contributed by atoms with E-state index in [4.69, 9.17) is 4.89 Å². The molecule has 0 saturated heterocycles. The maximum Gasteiger partial charge on any atom is 0.708 e. The van der Waals surface area contributed by atoms with Gasteiger partial charge in [-0.05, 0) is 9.89 Å². The first-order valence-corrected chi connectivity index (χ1v) is 6.47. The predicted molar refractivity (Wildman–Crippen MR) is 50.4 cm³/mol. The zero-order valence-electron chi connectivity index (χ0n) is 6.68. The molecule has 0 aliphatic heterocycles. The first-order chi connectivity index (χ1) is 5.04. The van der Waals surface area contributed by atoms with Crippen LogP contribution in [0.15, 0.2) is 0 Å². The first-order valence-electron chi connectivity index (χ1n) is 3.20. The largest absolute Gasteiger partial charge is 0.708 e. The minimum atomic E-state index is -2.46. The molecule has 0 aromatic rings. The van der Waals surface area contributed by atoms with Crippen molar-refractivity contribution in [3.8, 4) is 0 Å². The smallest absolute Gasteiger partial charge is 0.133 e. The van der Waals surface area contributed by atoms with Crippen molar-refractivity contribution in [1.82, 2.24) is 0 Å². The second kappa shape index (κ2) is 6.26. The molecule has 1 N–H and O–H groups in total. The van der Waals surface area contributed by atoms with Gasteiger partial charge in [0.25, 0.3) is 0 Å². The van der Waals surface area contributed by atoms with Crippen LogP contribution in [0.2, 0.25) is 0 Å². The standard InChI is InChI=1S/C5H11O3PS2/c1-4(2)5(3)10-11-8-9(6)7/h4-5H,1-3H3/p+1. The highest BCUT2D eigenvalue weighted by Crippen LogP contribution is 2.37. The van der Waals surface area contributed by atoms with Gasteiger partial charge in [0.05, 0.1) is 0 Å². The zero-order chi connectivity index (χ0) is 8.85. The van der Waals surface area contributed by atoms with Gasteiger partial charge in [-0.25, -0.2) is 0 Å². The molecule has 2 unspecified atom stereocenters. The summed E-state index contributed by atoms with van der Waals surface area (Å²) in [5.41, 5.74) is 0. The molecule has 0 heterocycles. The van der Waals surface area contributed by atoms with Gasteiger partial charge >= 0.3 is 8.25 Å². The van der Waals surface area contributed by atoms with Crippen LogP contribution < -0.4 is 0 Å². The van der Waals surface area contributed by atoms with Gasteiger partial charge in [0.15, 0.2) is 0 Å². The van der Waals surface area contributed by atoms with Crippen molar-refractivity contribution in [3.63, 3.8) is 0 Å². The van der Waals surface area contributed by atoms with Gasteiger partial charge in [-0.1, -0.05) is 31.6 Å². The summed E-state index contributed by atoms with van der Waals surface area (Å²) in [6, 6.07) is 0. The van der Waals surface area contributed by atoms with E-state index in [0.717, 1.165) is 11.1 Å². The van der Waals surface area contributed by atoms with Gasteiger partial charge in [-0.3, -0.25) is 0 Å². The lowest BCUT2D eigenvalue weighted by atomic mass is 10.2. The topological polar surface area (TPSA) is 46.5 Å². The third-order valence-electron chi connectivity index (χ3n) is 1.22. The van der Waals surface area contributed by atoms with Crippen molar-refractivity contribution in [3.05, 3.63) is 0 Å². The fraction of sp³-hybridized carbons (Fsp3) is 1.00. The Bertz CT molecular complexity index is 131. The van der Waals surface area contributed by atoms with Crippen molar-refractivity contribution in [1.29, 1.82) is 0 Å². The minimum Gasteiger partial charge on any atom is -0.133 e. The Balaban J connectivity index is 3.31. The maximum atomic E-state index is 10.0. The summed E-state index contributed by atoms with van der Waals surface area (Å²) in [5, 5.41) is 0.426. The monoisotopic (exact) mass is 215 g/mol. The molecule has 0 radical (unpaired) electrons. The Morgan fingerprint density at radius 2 is 2.00 bits per heavy atom. The summed E-state index contributed by atoms with van der Waals surface area (Å²) in [6.07, 6.45) is 0. The van der Waals surface area contributed by atoms with Gasteiger partial charge in [0, 0.05) is 9.81 Å². The molecule has 0 saturated carbocycles. The maximum absolute atomic E-state index is 10.0. The fourth-order valence-electron chi connectivity index (χ4n) is 0.217.